The van der Waals surface area contributed by atoms with Crippen molar-refractivity contribution in [3.05, 3.63) is 11.1 Å². The second-order valence-electron chi connectivity index (χ2n) is 11.2. The number of ether oxygens (including phenoxy) is 1. The zero-order chi connectivity index (χ0) is 25.7. The van der Waals surface area contributed by atoms with Gasteiger partial charge < -0.3 is 19.4 Å². The first kappa shape index (κ1) is 26.7. The van der Waals surface area contributed by atoms with Gasteiger partial charge in [-0.1, -0.05) is 49.9 Å². The molecule has 36 heavy (non-hydrogen) atoms. The number of hydrogen-bond donors (Lipinski definition) is 1. The summed E-state index contributed by atoms with van der Waals surface area (Å²) in [6.45, 7) is 7.27. The Labute approximate surface area is 218 Å². The zero-order valence-electron chi connectivity index (χ0n) is 22.0. The molecule has 2 aliphatic carbocycles. The maximum Gasteiger partial charge on any atom is 0.410 e. The molecule has 1 saturated heterocycles. The molecule has 0 atom stereocenters. The van der Waals surface area contributed by atoms with Gasteiger partial charge in [-0.25, -0.2) is 14.6 Å². The lowest BCUT2D eigenvalue weighted by atomic mass is 9.89. The second kappa shape index (κ2) is 11.8. The molecule has 1 aliphatic heterocycles. The highest BCUT2D eigenvalue weighted by atomic mass is 32.1. The van der Waals surface area contributed by atoms with Crippen LogP contribution >= 0.6 is 11.3 Å². The molecule has 0 aromatic carbocycles. The SMILES string of the molecule is CC(C)(C)OC(=O)N1CCN(C(=O)c2cnc(NC(=O)N(C3CCCCC3)C3CCCCC3)s2)CC1. The fourth-order valence-corrected chi connectivity index (χ4v) is 6.28. The van der Waals surface area contributed by atoms with E-state index in [0.717, 1.165) is 25.7 Å². The van der Waals surface area contributed by atoms with Crippen LogP contribution in [0, 0.1) is 0 Å². The number of rotatable bonds is 4. The maximum absolute atomic E-state index is 13.4. The Hall–Kier alpha value is -2.36. The largest absolute Gasteiger partial charge is 0.444 e. The number of thiazole rings is 1. The maximum atomic E-state index is 13.4. The van der Waals surface area contributed by atoms with E-state index in [0.29, 0.717) is 48.3 Å². The molecule has 1 N–H and O–H groups in total. The van der Waals surface area contributed by atoms with Gasteiger partial charge in [0.25, 0.3) is 5.91 Å². The van der Waals surface area contributed by atoms with Gasteiger partial charge in [0.15, 0.2) is 5.13 Å². The minimum atomic E-state index is -0.545. The molecule has 0 bridgehead atoms. The molecule has 1 aromatic rings. The van der Waals surface area contributed by atoms with Crippen LogP contribution in [0.3, 0.4) is 0 Å². The quantitative estimate of drug-likeness (QED) is 0.580. The van der Waals surface area contributed by atoms with Gasteiger partial charge in [0, 0.05) is 38.3 Å². The standard InChI is InChI=1S/C26H41N5O4S/c1-26(2,3)35-25(34)30-16-14-29(15-17-30)22(32)21-18-27-23(36-21)28-24(33)31(19-10-6-4-7-11-19)20-12-8-5-9-13-20/h18-20H,4-17H2,1-3H3,(H,27,28,33). The van der Waals surface area contributed by atoms with Crippen molar-refractivity contribution in [2.75, 3.05) is 31.5 Å². The van der Waals surface area contributed by atoms with Crippen molar-refractivity contribution in [3.63, 3.8) is 0 Å². The highest BCUT2D eigenvalue weighted by Gasteiger charge is 2.33. The van der Waals surface area contributed by atoms with E-state index in [4.69, 9.17) is 4.74 Å². The third-order valence-electron chi connectivity index (χ3n) is 7.32. The van der Waals surface area contributed by atoms with Crippen molar-refractivity contribution in [3.8, 4) is 0 Å². The van der Waals surface area contributed by atoms with E-state index in [-0.39, 0.29) is 18.0 Å². The van der Waals surface area contributed by atoms with Crippen LogP contribution in [-0.2, 0) is 4.74 Å². The number of aromatic nitrogens is 1. The number of carbonyl (C=O) groups excluding carboxylic acids is 3. The number of anilines is 1. The number of urea groups is 1. The van der Waals surface area contributed by atoms with Crippen molar-refractivity contribution >= 4 is 34.5 Å². The third-order valence-corrected chi connectivity index (χ3v) is 8.22. The Morgan fingerprint density at radius 1 is 0.917 bits per heavy atom. The summed E-state index contributed by atoms with van der Waals surface area (Å²) in [7, 11) is 0. The first-order chi connectivity index (χ1) is 17.2. The van der Waals surface area contributed by atoms with Gasteiger partial charge in [-0.2, -0.15) is 0 Å². The van der Waals surface area contributed by atoms with E-state index >= 15 is 0 Å². The summed E-state index contributed by atoms with van der Waals surface area (Å²) >= 11 is 1.22. The van der Waals surface area contributed by atoms with Crippen LogP contribution in [0.25, 0.3) is 0 Å². The van der Waals surface area contributed by atoms with Crippen molar-refractivity contribution < 1.29 is 19.1 Å². The fourth-order valence-electron chi connectivity index (χ4n) is 5.51. The molecule has 9 nitrogen and oxygen atoms in total. The average Bonchev–Trinajstić information content (AvgIpc) is 3.32. The van der Waals surface area contributed by atoms with Gasteiger partial charge in [0.2, 0.25) is 0 Å². The van der Waals surface area contributed by atoms with Crippen LogP contribution in [-0.4, -0.2) is 81.6 Å². The second-order valence-corrected chi connectivity index (χ2v) is 12.2. The van der Waals surface area contributed by atoms with E-state index < -0.39 is 5.60 Å². The fraction of sp³-hybridized carbons (Fsp3) is 0.769. The Bertz CT molecular complexity index is 892. The van der Waals surface area contributed by atoms with Crippen LogP contribution in [0.1, 0.15) is 94.7 Å². The first-order valence-electron chi connectivity index (χ1n) is 13.5. The van der Waals surface area contributed by atoms with Gasteiger partial charge in [0.1, 0.15) is 10.5 Å². The molecule has 3 aliphatic rings. The lowest BCUT2D eigenvalue weighted by molar-refractivity contribution is 0.0141. The lowest BCUT2D eigenvalue weighted by Crippen LogP contribution is -2.51. The van der Waals surface area contributed by atoms with Gasteiger partial charge >= 0.3 is 12.1 Å². The number of piperazine rings is 1. The molecular formula is C26H41N5O4S. The smallest absolute Gasteiger partial charge is 0.410 e. The average molecular weight is 520 g/mol. The number of nitrogens with one attached hydrogen (secondary N) is 1. The molecule has 3 fully saturated rings. The molecule has 10 heteroatoms. The Balaban J connectivity index is 1.34. The summed E-state index contributed by atoms with van der Waals surface area (Å²) in [6.07, 6.45) is 12.7. The van der Waals surface area contributed by atoms with Crippen molar-refractivity contribution in [2.45, 2.75) is 103 Å². The molecule has 0 unspecified atom stereocenters. The first-order valence-corrected chi connectivity index (χ1v) is 14.4. The van der Waals surface area contributed by atoms with Crippen LogP contribution in [0.4, 0.5) is 14.7 Å². The van der Waals surface area contributed by atoms with Crippen molar-refractivity contribution in [1.82, 2.24) is 19.7 Å². The topological polar surface area (TPSA) is 95.1 Å². The summed E-state index contributed by atoms with van der Waals surface area (Å²) in [4.78, 5) is 49.1. The molecule has 2 heterocycles. The minimum absolute atomic E-state index is 0.0758. The monoisotopic (exact) mass is 519 g/mol. The summed E-state index contributed by atoms with van der Waals surface area (Å²) in [5.74, 6) is -0.117. The van der Waals surface area contributed by atoms with Crippen LogP contribution < -0.4 is 5.32 Å². The number of amides is 4. The van der Waals surface area contributed by atoms with Gasteiger partial charge in [-0.05, 0) is 46.5 Å². The third kappa shape index (κ3) is 6.89. The molecule has 0 spiro atoms. The van der Waals surface area contributed by atoms with Gasteiger partial charge in [-0.3, -0.25) is 10.1 Å². The predicted molar refractivity (Wildman–Crippen MR) is 140 cm³/mol. The van der Waals surface area contributed by atoms with Crippen LogP contribution in [0.2, 0.25) is 0 Å². The van der Waals surface area contributed by atoms with Crippen LogP contribution in [0.5, 0.6) is 0 Å². The Kier molecular flexibility index (Phi) is 8.74. The van der Waals surface area contributed by atoms with Gasteiger partial charge in [-0.15, -0.1) is 0 Å². The van der Waals surface area contributed by atoms with Crippen molar-refractivity contribution in [2.24, 2.45) is 0 Å². The highest BCUT2D eigenvalue weighted by Crippen LogP contribution is 2.31. The Morgan fingerprint density at radius 2 is 1.44 bits per heavy atom. The summed E-state index contributed by atoms with van der Waals surface area (Å²) in [6, 6.07) is 0.515. The van der Waals surface area contributed by atoms with E-state index in [1.54, 1.807) is 16.0 Å². The highest BCUT2D eigenvalue weighted by molar-refractivity contribution is 7.17. The number of hydrogen-bond acceptors (Lipinski definition) is 6. The normalized spacial score (nSPS) is 20.2. The lowest BCUT2D eigenvalue weighted by Gasteiger charge is -2.41. The van der Waals surface area contributed by atoms with E-state index in [9.17, 15) is 14.4 Å². The molecule has 4 rings (SSSR count). The Morgan fingerprint density at radius 3 is 1.97 bits per heavy atom. The van der Waals surface area contributed by atoms with E-state index in [1.807, 2.05) is 20.8 Å². The van der Waals surface area contributed by atoms with Crippen molar-refractivity contribution in [1.29, 1.82) is 0 Å². The van der Waals surface area contributed by atoms with Gasteiger partial charge in [0.05, 0.1) is 6.20 Å². The molecule has 200 valence electrons. The summed E-state index contributed by atoms with van der Waals surface area (Å²) < 4.78 is 5.44. The van der Waals surface area contributed by atoms with E-state index in [2.05, 4.69) is 15.2 Å². The summed E-state index contributed by atoms with van der Waals surface area (Å²) in [5, 5.41) is 3.48. The van der Waals surface area contributed by atoms with Crippen LogP contribution in [0.15, 0.2) is 6.20 Å². The predicted octanol–water partition coefficient (Wildman–Crippen LogP) is 5.34. The zero-order valence-corrected chi connectivity index (χ0v) is 22.8. The molecule has 0 radical (unpaired) electrons. The summed E-state index contributed by atoms with van der Waals surface area (Å²) in [5.41, 5.74) is -0.545. The van der Waals surface area contributed by atoms with E-state index in [1.165, 1.54) is 49.9 Å². The molecule has 4 amide bonds. The number of nitrogens with zero attached hydrogens (tertiary/aromatic N) is 4. The minimum Gasteiger partial charge on any atom is -0.444 e. The molecular weight excluding hydrogens is 478 g/mol. The number of carbonyl (C=O) groups is 3. The molecule has 1 aromatic heterocycles. The molecule has 2 saturated carbocycles.